The van der Waals surface area contributed by atoms with Crippen molar-refractivity contribution in [1.82, 2.24) is 0 Å². The van der Waals surface area contributed by atoms with Crippen molar-refractivity contribution >= 4 is 5.69 Å². The number of anilines is 1. The number of hydrogen-bond donors (Lipinski definition) is 1. The predicted molar refractivity (Wildman–Crippen MR) is 47.4 cm³/mol. The van der Waals surface area contributed by atoms with Crippen LogP contribution in [0.15, 0.2) is 24.3 Å². The van der Waals surface area contributed by atoms with Gasteiger partial charge in [0.15, 0.2) is 0 Å². The molecule has 0 atom stereocenters. The van der Waals surface area contributed by atoms with E-state index in [0.717, 1.165) is 12.1 Å². The Hall–Kier alpha value is -1.67. The fraction of sp³-hybridized carbons (Fsp3) is 0.333. The third-order valence-corrected chi connectivity index (χ3v) is 1.83. The molecule has 102 valence electrons. The van der Waals surface area contributed by atoms with E-state index in [-0.39, 0.29) is 5.69 Å². The van der Waals surface area contributed by atoms with Crippen molar-refractivity contribution in [2.75, 3.05) is 5.73 Å². The lowest BCUT2D eigenvalue weighted by Gasteiger charge is -2.27. The molecule has 1 rings (SSSR count). The van der Waals surface area contributed by atoms with Crippen molar-refractivity contribution in [3.05, 3.63) is 24.3 Å². The van der Waals surface area contributed by atoms with E-state index in [1.54, 1.807) is 0 Å². The summed E-state index contributed by atoms with van der Waals surface area (Å²) >= 11 is 0. The van der Waals surface area contributed by atoms with E-state index >= 15 is 0 Å². The minimum Gasteiger partial charge on any atom is -0.428 e. The highest BCUT2D eigenvalue weighted by Crippen LogP contribution is 2.47. The summed E-state index contributed by atoms with van der Waals surface area (Å²) in [6, 6.07) is 3.75. The van der Waals surface area contributed by atoms with Gasteiger partial charge in [0.2, 0.25) is 0 Å². The number of benzene rings is 1. The van der Waals surface area contributed by atoms with Gasteiger partial charge in [-0.3, -0.25) is 0 Å². The highest BCUT2D eigenvalue weighted by Gasteiger charge is 2.75. The van der Waals surface area contributed by atoms with Crippen molar-refractivity contribution in [3.63, 3.8) is 0 Å². The molecule has 0 aliphatic heterocycles. The van der Waals surface area contributed by atoms with Gasteiger partial charge in [0.1, 0.15) is 5.75 Å². The quantitative estimate of drug-likeness (QED) is 0.678. The van der Waals surface area contributed by atoms with Crippen LogP contribution in [-0.4, -0.2) is 18.2 Å². The lowest BCUT2D eigenvalue weighted by atomic mass is 10.3. The van der Waals surface area contributed by atoms with Gasteiger partial charge in [0.05, 0.1) is 0 Å². The molecule has 1 aromatic carbocycles. The van der Waals surface area contributed by atoms with E-state index in [4.69, 9.17) is 5.73 Å². The van der Waals surface area contributed by atoms with Gasteiger partial charge in [0.25, 0.3) is 0 Å². The third kappa shape index (κ3) is 2.59. The van der Waals surface area contributed by atoms with Gasteiger partial charge in [-0.1, -0.05) is 6.07 Å². The summed E-state index contributed by atoms with van der Waals surface area (Å²) in [6.07, 6.45) is -12.2. The molecule has 0 unspecified atom stereocenters. The first kappa shape index (κ1) is 14.4. The molecule has 0 saturated carbocycles. The normalized spacial score (nSPS) is 13.5. The summed E-state index contributed by atoms with van der Waals surface area (Å²) in [5, 5.41) is 0. The molecule has 0 amide bonds. The van der Waals surface area contributed by atoms with E-state index in [1.165, 1.54) is 6.07 Å². The molecule has 0 radical (unpaired) electrons. The Morgan fingerprint density at radius 1 is 0.944 bits per heavy atom. The second-order valence-electron chi connectivity index (χ2n) is 3.26. The van der Waals surface area contributed by atoms with E-state index < -0.39 is 24.0 Å². The van der Waals surface area contributed by atoms with Crippen molar-refractivity contribution < 1.29 is 35.5 Å². The number of halogens is 7. The molecule has 9 heteroatoms. The van der Waals surface area contributed by atoms with E-state index in [9.17, 15) is 30.7 Å². The van der Waals surface area contributed by atoms with Crippen molar-refractivity contribution in [3.8, 4) is 5.75 Å². The van der Waals surface area contributed by atoms with Crippen LogP contribution >= 0.6 is 0 Å². The summed E-state index contributed by atoms with van der Waals surface area (Å²) in [5.74, 6) is -7.21. The summed E-state index contributed by atoms with van der Waals surface area (Å²) in [6.45, 7) is 0. The number of nitrogen functional groups attached to an aromatic ring is 1. The monoisotopic (exact) mass is 277 g/mol. The standard InChI is InChI=1S/C9H6F7NO/c10-7(11,8(12,13)14)9(15,16)18-6-3-1-2-5(17)4-6/h1-4H,17H2. The molecule has 1 aromatic rings. The fourth-order valence-corrected chi connectivity index (χ4v) is 0.955. The van der Waals surface area contributed by atoms with Crippen LogP contribution in [0.5, 0.6) is 5.75 Å². The Balaban J connectivity index is 3.01. The summed E-state index contributed by atoms with van der Waals surface area (Å²) in [7, 11) is 0. The number of nitrogens with two attached hydrogens (primary N) is 1. The van der Waals surface area contributed by atoms with Crippen LogP contribution in [0.25, 0.3) is 0 Å². The first-order chi connectivity index (χ1) is 7.97. The lowest BCUT2D eigenvalue weighted by Crippen LogP contribution is -2.55. The van der Waals surface area contributed by atoms with Crippen LogP contribution in [0.2, 0.25) is 0 Å². The molecule has 0 aliphatic rings. The van der Waals surface area contributed by atoms with Crippen LogP contribution in [0.4, 0.5) is 36.4 Å². The molecule has 2 N–H and O–H groups in total. The molecule has 18 heavy (non-hydrogen) atoms. The molecule has 0 spiro atoms. The van der Waals surface area contributed by atoms with Crippen LogP contribution in [0, 0.1) is 0 Å². The third-order valence-electron chi connectivity index (χ3n) is 1.83. The maximum atomic E-state index is 12.8. The zero-order chi connectivity index (χ0) is 14.2. The Bertz CT molecular complexity index is 429. The Kier molecular flexibility index (Phi) is 3.37. The first-order valence-corrected chi connectivity index (χ1v) is 4.34. The number of ether oxygens (including phenoxy) is 1. The van der Waals surface area contributed by atoms with Gasteiger partial charge >= 0.3 is 18.2 Å². The molecule has 0 saturated heterocycles. The SMILES string of the molecule is Nc1cccc(OC(F)(F)C(F)(F)C(F)(F)F)c1. The van der Waals surface area contributed by atoms with E-state index in [2.05, 4.69) is 4.74 Å². The van der Waals surface area contributed by atoms with E-state index in [1.807, 2.05) is 0 Å². The first-order valence-electron chi connectivity index (χ1n) is 4.34. The van der Waals surface area contributed by atoms with Crippen LogP contribution in [0.3, 0.4) is 0 Å². The minimum absolute atomic E-state index is 0.126. The van der Waals surface area contributed by atoms with Gasteiger partial charge in [0, 0.05) is 11.8 Å². The smallest absolute Gasteiger partial charge is 0.428 e. The molecule has 0 aliphatic carbocycles. The number of alkyl halides is 7. The van der Waals surface area contributed by atoms with Gasteiger partial charge in [-0.05, 0) is 12.1 Å². The number of rotatable bonds is 3. The Morgan fingerprint density at radius 2 is 1.50 bits per heavy atom. The molecular formula is C9H6F7NO. The minimum atomic E-state index is -6.43. The molecule has 0 fully saturated rings. The molecule has 2 nitrogen and oxygen atoms in total. The topological polar surface area (TPSA) is 35.2 Å². The molecular weight excluding hydrogens is 271 g/mol. The summed E-state index contributed by atoms with van der Waals surface area (Å²) < 4.78 is 89.2. The van der Waals surface area contributed by atoms with Gasteiger partial charge in [-0.15, -0.1) is 0 Å². The lowest BCUT2D eigenvalue weighted by molar-refractivity contribution is -0.402. The van der Waals surface area contributed by atoms with Crippen LogP contribution < -0.4 is 10.5 Å². The van der Waals surface area contributed by atoms with Crippen molar-refractivity contribution in [1.29, 1.82) is 0 Å². The second kappa shape index (κ2) is 4.21. The largest absolute Gasteiger partial charge is 0.474 e. The molecule has 0 bridgehead atoms. The van der Waals surface area contributed by atoms with Gasteiger partial charge in [-0.25, -0.2) is 0 Å². The molecule has 0 heterocycles. The average Bonchev–Trinajstić information content (AvgIpc) is 2.14. The van der Waals surface area contributed by atoms with Gasteiger partial charge < -0.3 is 10.5 Å². The fourth-order valence-electron chi connectivity index (χ4n) is 0.955. The summed E-state index contributed by atoms with van der Waals surface area (Å²) in [4.78, 5) is 0. The van der Waals surface area contributed by atoms with Gasteiger partial charge in [-0.2, -0.15) is 30.7 Å². The van der Waals surface area contributed by atoms with Crippen LogP contribution in [0.1, 0.15) is 0 Å². The van der Waals surface area contributed by atoms with E-state index in [0.29, 0.717) is 6.07 Å². The Morgan fingerprint density at radius 3 is 1.94 bits per heavy atom. The summed E-state index contributed by atoms with van der Waals surface area (Å²) in [5.41, 5.74) is 5.01. The van der Waals surface area contributed by atoms with Crippen molar-refractivity contribution in [2.45, 2.75) is 18.2 Å². The maximum Gasteiger partial charge on any atom is 0.474 e. The van der Waals surface area contributed by atoms with Crippen molar-refractivity contribution in [2.24, 2.45) is 0 Å². The number of hydrogen-bond acceptors (Lipinski definition) is 2. The highest BCUT2D eigenvalue weighted by molar-refractivity contribution is 5.43. The zero-order valence-corrected chi connectivity index (χ0v) is 8.44. The average molecular weight is 277 g/mol. The Labute approximate surface area is 96.1 Å². The second-order valence-corrected chi connectivity index (χ2v) is 3.26. The predicted octanol–water partition coefficient (Wildman–Crippen LogP) is 3.44. The highest BCUT2D eigenvalue weighted by atomic mass is 19.4. The zero-order valence-electron chi connectivity index (χ0n) is 8.44. The van der Waals surface area contributed by atoms with Crippen LogP contribution in [-0.2, 0) is 0 Å². The maximum absolute atomic E-state index is 12.8. The molecule has 0 aromatic heterocycles.